The second kappa shape index (κ2) is 6.15. The highest BCUT2D eigenvalue weighted by molar-refractivity contribution is 9.10. The summed E-state index contributed by atoms with van der Waals surface area (Å²) in [6, 6.07) is 8.22. The van der Waals surface area contributed by atoms with Gasteiger partial charge in [0.25, 0.3) is 0 Å². The van der Waals surface area contributed by atoms with E-state index in [-0.39, 0.29) is 0 Å². The smallest absolute Gasteiger partial charge is 0.125 e. The average molecular weight is 342 g/mol. The van der Waals surface area contributed by atoms with E-state index in [1.807, 2.05) is 18.2 Å². The van der Waals surface area contributed by atoms with Crippen LogP contribution in [0.25, 0.3) is 0 Å². The van der Waals surface area contributed by atoms with Crippen molar-refractivity contribution >= 4 is 33.2 Å². The summed E-state index contributed by atoms with van der Waals surface area (Å²) in [6.07, 6.45) is 5.25. The minimum absolute atomic E-state index is 0.433. The van der Waals surface area contributed by atoms with Gasteiger partial charge in [0, 0.05) is 10.2 Å². The molecule has 19 heavy (non-hydrogen) atoms. The minimum atomic E-state index is -0.433. The normalized spacial score (nSPS) is 27.4. The predicted octanol–water partition coefficient (Wildman–Crippen LogP) is 5.38. The molecular weight excluding hydrogens is 324 g/mol. The summed E-state index contributed by atoms with van der Waals surface area (Å²) in [6.45, 7) is 2.27. The molecule has 102 valence electrons. The summed E-state index contributed by atoms with van der Waals surface area (Å²) >= 11 is 9.42. The van der Waals surface area contributed by atoms with Crippen LogP contribution in [-0.4, -0.2) is 5.54 Å². The van der Waals surface area contributed by atoms with E-state index in [2.05, 4.69) is 34.2 Å². The number of halogens is 2. The molecule has 1 saturated carbocycles. The third kappa shape index (κ3) is 3.64. The second-order valence-corrected chi connectivity index (χ2v) is 6.75. The van der Waals surface area contributed by atoms with E-state index in [1.165, 1.54) is 6.42 Å². The van der Waals surface area contributed by atoms with Crippen LogP contribution in [0.1, 0.15) is 39.0 Å². The molecule has 1 fully saturated rings. The fourth-order valence-corrected chi connectivity index (χ4v) is 3.13. The van der Waals surface area contributed by atoms with Gasteiger partial charge in [0.15, 0.2) is 0 Å². The molecule has 4 heteroatoms. The first-order chi connectivity index (χ1) is 9.04. The van der Waals surface area contributed by atoms with Crippen LogP contribution in [0.3, 0.4) is 0 Å². The van der Waals surface area contributed by atoms with Crippen LogP contribution >= 0.6 is 27.5 Å². The van der Waals surface area contributed by atoms with Crippen LogP contribution in [0, 0.1) is 17.2 Å². The summed E-state index contributed by atoms with van der Waals surface area (Å²) in [5, 5.41) is 13.7. The fraction of sp³-hybridized carbons (Fsp3) is 0.533. The largest absolute Gasteiger partial charge is 0.367 e. The molecular formula is C15H18BrClN2. The van der Waals surface area contributed by atoms with Crippen LogP contribution in [0.15, 0.2) is 22.7 Å². The summed E-state index contributed by atoms with van der Waals surface area (Å²) < 4.78 is 0.856. The van der Waals surface area contributed by atoms with Crippen molar-refractivity contribution in [3.8, 4) is 6.07 Å². The quantitative estimate of drug-likeness (QED) is 0.733. The zero-order valence-electron chi connectivity index (χ0n) is 11.0. The maximum atomic E-state index is 9.59. The van der Waals surface area contributed by atoms with Crippen molar-refractivity contribution in [2.24, 2.45) is 5.92 Å². The van der Waals surface area contributed by atoms with Gasteiger partial charge in [0.2, 0.25) is 0 Å². The van der Waals surface area contributed by atoms with Crippen molar-refractivity contribution in [2.75, 3.05) is 5.32 Å². The molecule has 1 aliphatic rings. The number of anilines is 1. The Morgan fingerprint density at radius 2 is 2.21 bits per heavy atom. The monoisotopic (exact) mass is 340 g/mol. The Balaban J connectivity index is 2.18. The molecule has 2 atom stereocenters. The average Bonchev–Trinajstić information content (AvgIpc) is 2.57. The lowest BCUT2D eigenvalue weighted by Gasteiger charge is -2.28. The molecule has 0 heterocycles. The summed E-state index contributed by atoms with van der Waals surface area (Å²) in [5.74, 6) is 0.717. The molecule has 2 unspecified atom stereocenters. The zero-order chi connectivity index (χ0) is 13.9. The highest BCUT2D eigenvalue weighted by Crippen LogP contribution is 2.34. The van der Waals surface area contributed by atoms with Crippen LogP contribution in [0.2, 0.25) is 5.02 Å². The lowest BCUT2D eigenvalue weighted by molar-refractivity contribution is 0.479. The molecule has 0 bridgehead atoms. The number of nitriles is 1. The van der Waals surface area contributed by atoms with Crippen molar-refractivity contribution in [3.05, 3.63) is 27.7 Å². The standard InChI is InChI=1S/C15H18BrClN2/c1-11-3-2-7-15(10-18,8-6-11)19-12-4-5-14(17)13(16)9-12/h4-5,9,11,19H,2-3,6-8H2,1H3. The molecule has 1 N–H and O–H groups in total. The van der Waals surface area contributed by atoms with Crippen molar-refractivity contribution < 1.29 is 0 Å². The van der Waals surface area contributed by atoms with Crippen LogP contribution < -0.4 is 5.32 Å². The summed E-state index contributed by atoms with van der Waals surface area (Å²) in [7, 11) is 0. The highest BCUT2D eigenvalue weighted by atomic mass is 79.9. The Bertz CT molecular complexity index is 497. The van der Waals surface area contributed by atoms with Gasteiger partial charge in [-0.05, 0) is 65.7 Å². The first-order valence-electron chi connectivity index (χ1n) is 6.69. The fourth-order valence-electron chi connectivity index (χ4n) is 2.63. The maximum absolute atomic E-state index is 9.59. The van der Waals surface area contributed by atoms with Gasteiger partial charge in [-0.3, -0.25) is 0 Å². The molecule has 1 aliphatic carbocycles. The lowest BCUT2D eigenvalue weighted by Crippen LogP contribution is -2.36. The third-order valence-electron chi connectivity index (χ3n) is 3.88. The number of nitrogens with one attached hydrogen (secondary N) is 1. The van der Waals surface area contributed by atoms with Crippen LogP contribution in [0.4, 0.5) is 5.69 Å². The minimum Gasteiger partial charge on any atom is -0.367 e. The molecule has 0 spiro atoms. The van der Waals surface area contributed by atoms with Crippen LogP contribution in [0.5, 0.6) is 0 Å². The van der Waals surface area contributed by atoms with E-state index < -0.39 is 5.54 Å². The topological polar surface area (TPSA) is 35.8 Å². The highest BCUT2D eigenvalue weighted by Gasteiger charge is 2.32. The Morgan fingerprint density at radius 1 is 1.42 bits per heavy atom. The van der Waals surface area contributed by atoms with Gasteiger partial charge >= 0.3 is 0 Å². The number of benzene rings is 1. The van der Waals surface area contributed by atoms with Crippen molar-refractivity contribution in [3.63, 3.8) is 0 Å². The summed E-state index contributed by atoms with van der Waals surface area (Å²) in [4.78, 5) is 0. The third-order valence-corrected chi connectivity index (χ3v) is 5.10. The number of hydrogen-bond donors (Lipinski definition) is 1. The number of rotatable bonds is 2. The SMILES string of the molecule is CC1CCCC(C#N)(Nc2ccc(Cl)c(Br)c2)CC1. The Kier molecular flexibility index (Phi) is 4.76. The van der Waals surface area contributed by atoms with Gasteiger partial charge in [-0.1, -0.05) is 24.9 Å². The molecule has 0 radical (unpaired) electrons. The van der Waals surface area contributed by atoms with E-state index in [0.29, 0.717) is 10.9 Å². The van der Waals surface area contributed by atoms with Gasteiger partial charge < -0.3 is 5.32 Å². The molecule has 1 aromatic carbocycles. The van der Waals surface area contributed by atoms with Gasteiger partial charge in [-0.25, -0.2) is 0 Å². The van der Waals surface area contributed by atoms with E-state index in [4.69, 9.17) is 11.6 Å². The van der Waals surface area contributed by atoms with Gasteiger partial charge in [-0.2, -0.15) is 5.26 Å². The van der Waals surface area contributed by atoms with Crippen molar-refractivity contribution in [2.45, 2.75) is 44.6 Å². The predicted molar refractivity (Wildman–Crippen MR) is 83.4 cm³/mol. The molecule has 1 aromatic rings. The Morgan fingerprint density at radius 3 is 2.89 bits per heavy atom. The number of hydrogen-bond acceptors (Lipinski definition) is 2. The Hall–Kier alpha value is -0.720. The summed E-state index contributed by atoms with van der Waals surface area (Å²) in [5.41, 5.74) is 0.519. The van der Waals surface area contributed by atoms with E-state index in [9.17, 15) is 5.26 Å². The first kappa shape index (κ1) is 14.7. The van der Waals surface area contributed by atoms with Gasteiger partial charge in [0.1, 0.15) is 5.54 Å². The zero-order valence-corrected chi connectivity index (χ0v) is 13.4. The number of nitrogens with zero attached hydrogens (tertiary/aromatic N) is 1. The van der Waals surface area contributed by atoms with Crippen molar-refractivity contribution in [1.82, 2.24) is 0 Å². The molecule has 0 aromatic heterocycles. The lowest BCUT2D eigenvalue weighted by atomic mass is 9.91. The Labute approximate surface area is 128 Å². The van der Waals surface area contributed by atoms with E-state index in [0.717, 1.165) is 35.8 Å². The van der Waals surface area contributed by atoms with Gasteiger partial charge in [-0.15, -0.1) is 0 Å². The first-order valence-corrected chi connectivity index (χ1v) is 7.86. The van der Waals surface area contributed by atoms with Crippen LogP contribution in [-0.2, 0) is 0 Å². The van der Waals surface area contributed by atoms with Gasteiger partial charge in [0.05, 0.1) is 11.1 Å². The molecule has 0 amide bonds. The molecule has 0 saturated heterocycles. The second-order valence-electron chi connectivity index (χ2n) is 5.48. The van der Waals surface area contributed by atoms with E-state index in [1.54, 1.807) is 0 Å². The van der Waals surface area contributed by atoms with E-state index >= 15 is 0 Å². The molecule has 0 aliphatic heterocycles. The molecule has 2 nitrogen and oxygen atoms in total. The molecule has 2 rings (SSSR count). The maximum Gasteiger partial charge on any atom is 0.125 e. The van der Waals surface area contributed by atoms with Crippen molar-refractivity contribution in [1.29, 1.82) is 5.26 Å².